The molecular formula is C11H17F3N4. The quantitative estimate of drug-likeness (QED) is 0.828. The second-order valence-electron chi connectivity index (χ2n) is 4.11. The van der Waals surface area contributed by atoms with Crippen molar-refractivity contribution >= 4 is 11.8 Å². The molecule has 1 rings (SSSR count). The van der Waals surface area contributed by atoms with Crippen LogP contribution in [0.15, 0.2) is 6.07 Å². The molecule has 0 unspecified atom stereocenters. The monoisotopic (exact) mass is 262 g/mol. The molecule has 0 fully saturated rings. The topological polar surface area (TPSA) is 41.1 Å². The third-order valence-electron chi connectivity index (χ3n) is 2.27. The molecule has 0 atom stereocenters. The number of rotatable bonds is 5. The number of hydrogen-bond acceptors (Lipinski definition) is 4. The van der Waals surface area contributed by atoms with Crippen molar-refractivity contribution in [1.82, 2.24) is 9.97 Å². The first-order chi connectivity index (χ1) is 8.34. The van der Waals surface area contributed by atoms with Gasteiger partial charge in [0.2, 0.25) is 5.95 Å². The summed E-state index contributed by atoms with van der Waals surface area (Å²) in [5.74, 6) is 0.248. The van der Waals surface area contributed by atoms with Crippen LogP contribution in [0.5, 0.6) is 0 Å². The molecule has 0 saturated carbocycles. The summed E-state index contributed by atoms with van der Waals surface area (Å²) in [6.45, 7) is 2.56. The molecule has 1 aromatic heterocycles. The molecule has 7 heteroatoms. The van der Waals surface area contributed by atoms with Crippen LogP contribution in [0.4, 0.5) is 24.9 Å². The maximum Gasteiger partial charge on any atom is 0.433 e. The normalized spacial score (nSPS) is 11.4. The van der Waals surface area contributed by atoms with E-state index in [1.807, 2.05) is 6.92 Å². The van der Waals surface area contributed by atoms with Crippen LogP contribution in [0.1, 0.15) is 25.5 Å². The third-order valence-corrected chi connectivity index (χ3v) is 2.27. The van der Waals surface area contributed by atoms with E-state index in [1.165, 1.54) is 4.90 Å². The molecular weight excluding hydrogens is 245 g/mol. The second-order valence-corrected chi connectivity index (χ2v) is 4.11. The Morgan fingerprint density at radius 1 is 1.28 bits per heavy atom. The summed E-state index contributed by atoms with van der Waals surface area (Å²) < 4.78 is 38.0. The molecule has 0 bridgehead atoms. The summed E-state index contributed by atoms with van der Waals surface area (Å²) in [5, 5.41) is 2.80. The molecule has 1 aromatic rings. The minimum Gasteiger partial charge on any atom is -0.363 e. The van der Waals surface area contributed by atoms with E-state index < -0.39 is 11.9 Å². The molecule has 0 radical (unpaired) electrons. The van der Waals surface area contributed by atoms with E-state index in [9.17, 15) is 13.2 Å². The van der Waals surface area contributed by atoms with Gasteiger partial charge in [-0.3, -0.25) is 0 Å². The Hall–Kier alpha value is -1.53. The highest BCUT2D eigenvalue weighted by Crippen LogP contribution is 2.30. The van der Waals surface area contributed by atoms with Crippen molar-refractivity contribution in [2.45, 2.75) is 25.9 Å². The Labute approximate surface area is 104 Å². The van der Waals surface area contributed by atoms with Gasteiger partial charge in [-0.15, -0.1) is 0 Å². The average Bonchev–Trinajstić information content (AvgIpc) is 2.28. The lowest BCUT2D eigenvalue weighted by Crippen LogP contribution is -2.17. The maximum absolute atomic E-state index is 12.7. The number of nitrogens with one attached hydrogen (secondary N) is 1. The fraction of sp³-hybridized carbons (Fsp3) is 0.636. The van der Waals surface area contributed by atoms with Gasteiger partial charge in [-0.25, -0.2) is 4.98 Å². The third kappa shape index (κ3) is 4.05. The summed E-state index contributed by atoms with van der Waals surface area (Å²) in [5.41, 5.74) is -0.930. The van der Waals surface area contributed by atoms with Crippen LogP contribution < -0.4 is 10.2 Å². The van der Waals surface area contributed by atoms with Gasteiger partial charge in [-0.1, -0.05) is 13.3 Å². The van der Waals surface area contributed by atoms with E-state index in [0.29, 0.717) is 6.54 Å². The van der Waals surface area contributed by atoms with E-state index in [4.69, 9.17) is 0 Å². The first-order valence-corrected chi connectivity index (χ1v) is 5.72. The highest BCUT2D eigenvalue weighted by Gasteiger charge is 2.33. The summed E-state index contributed by atoms with van der Waals surface area (Å²) in [6.07, 6.45) is -2.65. The minimum atomic E-state index is -4.46. The first kappa shape index (κ1) is 14.5. The molecule has 18 heavy (non-hydrogen) atoms. The largest absolute Gasteiger partial charge is 0.433 e. The van der Waals surface area contributed by atoms with E-state index in [1.54, 1.807) is 14.1 Å². The Balaban J connectivity index is 2.99. The van der Waals surface area contributed by atoms with Crippen LogP contribution in [0.25, 0.3) is 0 Å². The Morgan fingerprint density at radius 2 is 1.94 bits per heavy atom. The zero-order valence-corrected chi connectivity index (χ0v) is 10.7. The van der Waals surface area contributed by atoms with E-state index >= 15 is 0 Å². The van der Waals surface area contributed by atoms with Crippen LogP contribution in [0.2, 0.25) is 0 Å². The van der Waals surface area contributed by atoms with Gasteiger partial charge in [-0.05, 0) is 6.42 Å². The molecule has 1 heterocycles. The van der Waals surface area contributed by atoms with Crippen molar-refractivity contribution in [3.63, 3.8) is 0 Å². The van der Waals surface area contributed by atoms with Gasteiger partial charge in [-0.2, -0.15) is 18.2 Å². The summed E-state index contributed by atoms with van der Waals surface area (Å²) in [6, 6.07) is 0.936. The van der Waals surface area contributed by atoms with Gasteiger partial charge >= 0.3 is 6.18 Å². The lowest BCUT2D eigenvalue weighted by Gasteiger charge is -2.15. The Bertz CT molecular complexity index is 390. The molecule has 0 aliphatic carbocycles. The van der Waals surface area contributed by atoms with Crippen molar-refractivity contribution in [3.8, 4) is 0 Å². The lowest BCUT2D eigenvalue weighted by atomic mass is 10.3. The number of aromatic nitrogens is 2. The van der Waals surface area contributed by atoms with Crippen LogP contribution in [0, 0.1) is 0 Å². The van der Waals surface area contributed by atoms with Crippen LogP contribution in [0.3, 0.4) is 0 Å². The van der Waals surface area contributed by atoms with Gasteiger partial charge in [0, 0.05) is 26.7 Å². The number of unbranched alkanes of at least 4 members (excludes halogenated alkanes) is 1. The molecule has 0 aromatic carbocycles. The molecule has 0 aliphatic heterocycles. The van der Waals surface area contributed by atoms with E-state index in [-0.39, 0.29) is 11.8 Å². The number of anilines is 2. The van der Waals surface area contributed by atoms with Gasteiger partial charge in [0.1, 0.15) is 5.82 Å². The number of nitrogens with zero attached hydrogens (tertiary/aromatic N) is 3. The molecule has 0 aliphatic rings. The van der Waals surface area contributed by atoms with Gasteiger partial charge in [0.25, 0.3) is 0 Å². The predicted octanol–water partition coefficient (Wildman–Crippen LogP) is 2.77. The molecule has 0 spiro atoms. The lowest BCUT2D eigenvalue weighted by molar-refractivity contribution is -0.141. The van der Waals surface area contributed by atoms with Crippen molar-refractivity contribution < 1.29 is 13.2 Å². The van der Waals surface area contributed by atoms with Crippen molar-refractivity contribution in [3.05, 3.63) is 11.8 Å². The SMILES string of the molecule is CCCCNc1nc(N(C)C)cc(C(F)(F)F)n1. The maximum atomic E-state index is 12.7. The fourth-order valence-electron chi connectivity index (χ4n) is 1.26. The number of alkyl halides is 3. The number of hydrogen-bond donors (Lipinski definition) is 1. The summed E-state index contributed by atoms with van der Waals surface area (Å²) >= 11 is 0. The molecule has 0 amide bonds. The van der Waals surface area contributed by atoms with Crippen molar-refractivity contribution in [2.75, 3.05) is 30.9 Å². The predicted molar refractivity (Wildman–Crippen MR) is 64.8 cm³/mol. The van der Waals surface area contributed by atoms with E-state index in [0.717, 1.165) is 18.9 Å². The van der Waals surface area contributed by atoms with Crippen LogP contribution in [-0.2, 0) is 6.18 Å². The zero-order chi connectivity index (χ0) is 13.8. The van der Waals surface area contributed by atoms with E-state index in [2.05, 4.69) is 15.3 Å². The molecule has 102 valence electrons. The summed E-state index contributed by atoms with van der Waals surface area (Å²) in [4.78, 5) is 9.02. The second kappa shape index (κ2) is 5.88. The molecule has 1 N–H and O–H groups in total. The number of halogens is 3. The van der Waals surface area contributed by atoms with Crippen molar-refractivity contribution in [2.24, 2.45) is 0 Å². The molecule has 4 nitrogen and oxygen atoms in total. The average molecular weight is 262 g/mol. The highest BCUT2D eigenvalue weighted by molar-refractivity contribution is 5.44. The Kier molecular flexibility index (Phi) is 4.75. The fourth-order valence-corrected chi connectivity index (χ4v) is 1.26. The Morgan fingerprint density at radius 3 is 2.44 bits per heavy atom. The standard InChI is InChI=1S/C11H17F3N4/c1-4-5-6-15-10-16-8(11(12,13)14)7-9(17-10)18(2)3/h7H,4-6H2,1-3H3,(H,15,16,17). The highest BCUT2D eigenvalue weighted by atomic mass is 19.4. The van der Waals surface area contributed by atoms with Gasteiger partial charge < -0.3 is 10.2 Å². The van der Waals surface area contributed by atoms with Crippen LogP contribution in [-0.4, -0.2) is 30.6 Å². The van der Waals surface area contributed by atoms with Crippen molar-refractivity contribution in [1.29, 1.82) is 0 Å². The smallest absolute Gasteiger partial charge is 0.363 e. The van der Waals surface area contributed by atoms with Gasteiger partial charge in [0.05, 0.1) is 0 Å². The van der Waals surface area contributed by atoms with Gasteiger partial charge in [0.15, 0.2) is 5.69 Å². The first-order valence-electron chi connectivity index (χ1n) is 5.72. The van der Waals surface area contributed by atoms with Crippen LogP contribution >= 0.6 is 0 Å². The zero-order valence-electron chi connectivity index (χ0n) is 10.7. The summed E-state index contributed by atoms with van der Waals surface area (Å²) in [7, 11) is 3.27. The minimum absolute atomic E-state index is 0.0157. The molecule has 0 saturated heterocycles.